The minimum Gasteiger partial charge on any atom is -0.440 e. The van der Waals surface area contributed by atoms with Crippen molar-refractivity contribution in [3.05, 3.63) is 89.2 Å². The van der Waals surface area contributed by atoms with Crippen molar-refractivity contribution in [3.8, 4) is 0 Å². The topological polar surface area (TPSA) is 57.8 Å². The average Bonchev–Trinajstić information content (AvgIpc) is 3.19. The molecule has 0 saturated heterocycles. The smallest absolute Gasteiger partial charge is 0.271 e. The summed E-state index contributed by atoms with van der Waals surface area (Å²) in [4.78, 5) is 14.0. The number of benzene rings is 2. The lowest BCUT2D eigenvalue weighted by molar-refractivity contribution is 0.0955. The first-order chi connectivity index (χ1) is 13.6. The van der Waals surface area contributed by atoms with Crippen LogP contribution in [-0.4, -0.2) is 26.2 Å². The summed E-state index contributed by atoms with van der Waals surface area (Å²) in [6, 6.07) is 21.6. The van der Waals surface area contributed by atoms with Crippen molar-refractivity contribution >= 4 is 29.8 Å². The van der Waals surface area contributed by atoms with Gasteiger partial charge in [-0.3, -0.25) is 4.79 Å². The third kappa shape index (κ3) is 5.76. The van der Waals surface area contributed by atoms with Crippen LogP contribution in [0.15, 0.2) is 76.2 Å². The second-order valence-electron chi connectivity index (χ2n) is 6.44. The normalized spacial score (nSPS) is 10.9. The Morgan fingerprint density at radius 1 is 1.00 bits per heavy atom. The molecule has 1 N–H and O–H groups in total. The van der Waals surface area contributed by atoms with E-state index in [2.05, 4.69) is 34.8 Å². The highest BCUT2D eigenvalue weighted by Gasteiger charge is 2.05. The molecule has 0 unspecified atom stereocenters. The van der Waals surface area contributed by atoms with Crippen LogP contribution in [0.2, 0.25) is 0 Å². The first kappa shape index (κ1) is 19.8. The number of hydrazone groups is 1. The van der Waals surface area contributed by atoms with Crippen molar-refractivity contribution in [1.29, 1.82) is 0 Å². The number of anilines is 1. The highest BCUT2D eigenvalue weighted by molar-refractivity contribution is 7.97. The van der Waals surface area contributed by atoms with Crippen LogP contribution < -0.4 is 10.3 Å². The largest absolute Gasteiger partial charge is 0.440 e. The molecule has 0 spiro atoms. The molecule has 1 amide bonds. The Labute approximate surface area is 169 Å². The number of rotatable bonds is 8. The molecule has 1 aromatic heterocycles. The maximum atomic E-state index is 12.2. The number of thioether (sulfide) groups is 1. The van der Waals surface area contributed by atoms with E-state index in [4.69, 9.17) is 4.42 Å². The van der Waals surface area contributed by atoms with E-state index < -0.39 is 0 Å². The number of furan rings is 1. The summed E-state index contributed by atoms with van der Waals surface area (Å²) in [6.07, 6.45) is 1.49. The Hall–Kier alpha value is -2.99. The lowest BCUT2D eigenvalue weighted by Crippen LogP contribution is -2.17. The van der Waals surface area contributed by atoms with E-state index in [0.717, 1.165) is 17.4 Å². The molecule has 0 atom stereocenters. The van der Waals surface area contributed by atoms with Crippen LogP contribution in [0, 0.1) is 0 Å². The number of carbonyl (C=O) groups is 1. The van der Waals surface area contributed by atoms with Crippen molar-refractivity contribution in [1.82, 2.24) is 5.43 Å². The van der Waals surface area contributed by atoms with E-state index in [1.165, 1.54) is 17.3 Å². The van der Waals surface area contributed by atoms with Gasteiger partial charge in [0.15, 0.2) is 5.88 Å². The summed E-state index contributed by atoms with van der Waals surface area (Å²) in [5.41, 5.74) is 5.60. The van der Waals surface area contributed by atoms with Gasteiger partial charge in [-0.25, -0.2) is 5.43 Å². The Kier molecular flexibility index (Phi) is 6.92. The van der Waals surface area contributed by atoms with E-state index in [1.807, 2.05) is 67.2 Å². The lowest BCUT2D eigenvalue weighted by Gasteiger charge is -2.05. The number of carbonyl (C=O) groups excluding carboxylic acids is 1. The molecule has 6 heteroatoms. The molecule has 1 heterocycles. The molecule has 0 bridgehead atoms. The third-order valence-electron chi connectivity index (χ3n) is 4.01. The number of hydrogen-bond donors (Lipinski definition) is 1. The molecule has 0 aliphatic rings. The van der Waals surface area contributed by atoms with Crippen molar-refractivity contribution < 1.29 is 9.21 Å². The molecule has 0 aliphatic heterocycles. The van der Waals surface area contributed by atoms with Crippen molar-refractivity contribution in [2.24, 2.45) is 5.10 Å². The van der Waals surface area contributed by atoms with Crippen LogP contribution in [0.4, 0.5) is 5.88 Å². The molecular formula is C22H23N3O2S. The first-order valence-electron chi connectivity index (χ1n) is 8.93. The van der Waals surface area contributed by atoms with Crippen molar-refractivity contribution in [2.75, 3.05) is 19.0 Å². The fourth-order valence-electron chi connectivity index (χ4n) is 2.48. The van der Waals surface area contributed by atoms with Crippen LogP contribution in [0.3, 0.4) is 0 Å². The summed E-state index contributed by atoms with van der Waals surface area (Å²) in [6.45, 7) is 0. The van der Waals surface area contributed by atoms with Crippen LogP contribution in [0.1, 0.15) is 27.2 Å². The Morgan fingerprint density at radius 3 is 2.32 bits per heavy atom. The standard InChI is InChI=1S/C22H23N3O2S/c1-25(2)21-13-12-20(27-21)14-23-24-22(26)19-10-8-18(9-11-19)16-28-15-17-6-4-3-5-7-17/h3-14H,15-16H2,1-2H3,(H,24,26)/b23-14-. The fourth-order valence-corrected chi connectivity index (χ4v) is 3.44. The summed E-state index contributed by atoms with van der Waals surface area (Å²) in [5.74, 6) is 2.93. The molecule has 144 valence electrons. The van der Waals surface area contributed by atoms with Crippen LogP contribution in [0.25, 0.3) is 0 Å². The van der Waals surface area contributed by atoms with Gasteiger partial charge >= 0.3 is 0 Å². The molecule has 5 nitrogen and oxygen atoms in total. The van der Waals surface area contributed by atoms with Crippen LogP contribution >= 0.6 is 11.8 Å². The highest BCUT2D eigenvalue weighted by Crippen LogP contribution is 2.18. The zero-order valence-electron chi connectivity index (χ0n) is 16.0. The third-order valence-corrected chi connectivity index (χ3v) is 5.08. The average molecular weight is 394 g/mol. The van der Waals surface area contributed by atoms with E-state index in [-0.39, 0.29) is 5.91 Å². The monoisotopic (exact) mass is 393 g/mol. The van der Waals surface area contributed by atoms with Gasteiger partial charge in [0.05, 0.1) is 6.21 Å². The van der Waals surface area contributed by atoms with E-state index in [1.54, 1.807) is 6.07 Å². The molecule has 0 aliphatic carbocycles. The molecule has 2 aromatic carbocycles. The molecular weight excluding hydrogens is 370 g/mol. The Bertz CT molecular complexity index is 918. The van der Waals surface area contributed by atoms with Crippen LogP contribution in [-0.2, 0) is 11.5 Å². The van der Waals surface area contributed by atoms with Gasteiger partial charge in [0.2, 0.25) is 0 Å². The quantitative estimate of drug-likeness (QED) is 0.451. The minimum absolute atomic E-state index is 0.251. The Morgan fingerprint density at radius 2 is 1.68 bits per heavy atom. The molecule has 0 fully saturated rings. The predicted octanol–water partition coefficient (Wildman–Crippen LogP) is 4.54. The van der Waals surface area contributed by atoms with E-state index in [0.29, 0.717) is 11.3 Å². The summed E-state index contributed by atoms with van der Waals surface area (Å²) < 4.78 is 5.54. The van der Waals surface area contributed by atoms with Gasteiger partial charge in [-0.1, -0.05) is 42.5 Å². The number of hydrogen-bond acceptors (Lipinski definition) is 5. The van der Waals surface area contributed by atoms with Crippen molar-refractivity contribution in [3.63, 3.8) is 0 Å². The molecule has 28 heavy (non-hydrogen) atoms. The van der Waals surface area contributed by atoms with E-state index >= 15 is 0 Å². The fraction of sp³-hybridized carbons (Fsp3) is 0.182. The second-order valence-corrected chi connectivity index (χ2v) is 7.43. The van der Waals surface area contributed by atoms with Gasteiger partial charge in [0, 0.05) is 37.2 Å². The molecule has 3 aromatic rings. The van der Waals surface area contributed by atoms with Gasteiger partial charge in [-0.15, -0.1) is 0 Å². The SMILES string of the molecule is CN(C)c1ccc(/C=N\NC(=O)c2ccc(CSCc3ccccc3)cc2)o1. The number of nitrogens with zero attached hydrogens (tertiary/aromatic N) is 2. The Balaban J connectivity index is 1.47. The molecule has 0 radical (unpaired) electrons. The molecule has 0 saturated carbocycles. The van der Waals surface area contributed by atoms with Gasteiger partial charge in [0.25, 0.3) is 5.91 Å². The van der Waals surface area contributed by atoms with Gasteiger partial charge in [-0.05, 0) is 29.3 Å². The predicted molar refractivity (Wildman–Crippen MR) is 116 cm³/mol. The summed E-state index contributed by atoms with van der Waals surface area (Å²) in [5, 5.41) is 3.96. The summed E-state index contributed by atoms with van der Waals surface area (Å²) >= 11 is 1.85. The maximum absolute atomic E-state index is 12.2. The number of amides is 1. The number of nitrogens with one attached hydrogen (secondary N) is 1. The lowest BCUT2D eigenvalue weighted by atomic mass is 10.1. The first-order valence-corrected chi connectivity index (χ1v) is 10.1. The summed E-state index contributed by atoms with van der Waals surface area (Å²) in [7, 11) is 3.79. The maximum Gasteiger partial charge on any atom is 0.271 e. The zero-order valence-corrected chi connectivity index (χ0v) is 16.8. The van der Waals surface area contributed by atoms with E-state index in [9.17, 15) is 4.79 Å². The van der Waals surface area contributed by atoms with Crippen LogP contribution in [0.5, 0.6) is 0 Å². The highest BCUT2D eigenvalue weighted by atomic mass is 32.2. The second kappa shape index (κ2) is 9.80. The van der Waals surface area contributed by atoms with Gasteiger partial charge in [0.1, 0.15) is 5.76 Å². The molecule has 3 rings (SSSR count). The van der Waals surface area contributed by atoms with Gasteiger partial charge < -0.3 is 9.32 Å². The zero-order chi connectivity index (χ0) is 19.8. The van der Waals surface area contributed by atoms with Crippen molar-refractivity contribution in [2.45, 2.75) is 11.5 Å². The van der Waals surface area contributed by atoms with Gasteiger partial charge in [-0.2, -0.15) is 16.9 Å². The minimum atomic E-state index is -0.251.